The first-order chi connectivity index (χ1) is 5.60. The van der Waals surface area contributed by atoms with Crippen LogP contribution in [0.1, 0.15) is 26.7 Å². The molecule has 0 aromatic carbocycles. The minimum atomic E-state index is -0.0704. The van der Waals surface area contributed by atoms with Gasteiger partial charge in [-0.2, -0.15) is 0 Å². The largest absolute Gasteiger partial charge is 0.353 e. The van der Waals surface area contributed by atoms with Crippen LogP contribution in [0.3, 0.4) is 0 Å². The van der Waals surface area contributed by atoms with Gasteiger partial charge in [-0.25, -0.2) is 0 Å². The molecule has 12 heavy (non-hydrogen) atoms. The van der Waals surface area contributed by atoms with Crippen LogP contribution in [-0.4, -0.2) is 25.5 Å². The smallest absolute Gasteiger partial charge is 0.227 e. The van der Waals surface area contributed by atoms with Gasteiger partial charge >= 0.3 is 0 Å². The maximum atomic E-state index is 11.6. The van der Waals surface area contributed by atoms with Gasteiger partial charge in [-0.1, -0.05) is 0 Å². The molecule has 0 radical (unpaired) electrons. The highest BCUT2D eigenvalue weighted by molar-refractivity contribution is 5.85. The maximum absolute atomic E-state index is 11.6. The molecule has 2 N–H and O–H groups in total. The summed E-state index contributed by atoms with van der Waals surface area (Å²) in [5.74, 6) is 0.215. The normalized spacial score (nSPS) is 19.3. The fraction of sp³-hybridized carbons (Fsp3) is 0.889. The molecule has 1 saturated carbocycles. The molecule has 1 amide bonds. The van der Waals surface area contributed by atoms with Gasteiger partial charge in [0, 0.05) is 12.6 Å². The van der Waals surface area contributed by atoms with Gasteiger partial charge in [0.2, 0.25) is 5.91 Å². The Balaban J connectivity index is 2.40. The Bertz CT molecular complexity index is 173. The van der Waals surface area contributed by atoms with E-state index in [0.29, 0.717) is 0 Å². The van der Waals surface area contributed by atoms with Crippen LogP contribution in [0.25, 0.3) is 0 Å². The Morgan fingerprint density at radius 3 is 2.42 bits per heavy atom. The zero-order valence-corrected chi connectivity index (χ0v) is 8.11. The van der Waals surface area contributed by atoms with Crippen LogP contribution in [0, 0.1) is 5.41 Å². The maximum Gasteiger partial charge on any atom is 0.227 e. The summed E-state index contributed by atoms with van der Waals surface area (Å²) in [7, 11) is 1.89. The Labute approximate surface area is 73.9 Å². The van der Waals surface area contributed by atoms with E-state index in [4.69, 9.17) is 0 Å². The van der Waals surface area contributed by atoms with Gasteiger partial charge in [-0.05, 0) is 33.7 Å². The van der Waals surface area contributed by atoms with Gasteiger partial charge in [-0.15, -0.1) is 0 Å². The summed E-state index contributed by atoms with van der Waals surface area (Å²) in [6.45, 7) is 4.80. The van der Waals surface area contributed by atoms with Crippen molar-refractivity contribution in [1.29, 1.82) is 0 Å². The van der Waals surface area contributed by atoms with E-state index < -0.39 is 0 Å². The number of carbonyl (C=O) groups excluding carboxylic acids is 1. The molecular formula is C9H18N2O. The van der Waals surface area contributed by atoms with E-state index in [9.17, 15) is 4.79 Å². The molecule has 3 nitrogen and oxygen atoms in total. The molecule has 1 aliphatic rings. The molecular weight excluding hydrogens is 152 g/mol. The summed E-state index contributed by atoms with van der Waals surface area (Å²) >= 11 is 0. The van der Waals surface area contributed by atoms with Crippen molar-refractivity contribution < 1.29 is 4.79 Å². The molecule has 70 valence electrons. The minimum Gasteiger partial charge on any atom is -0.353 e. The van der Waals surface area contributed by atoms with Crippen molar-refractivity contribution in [3.05, 3.63) is 0 Å². The third-order valence-corrected chi connectivity index (χ3v) is 2.27. The monoisotopic (exact) mass is 170 g/mol. The van der Waals surface area contributed by atoms with Crippen molar-refractivity contribution in [2.75, 3.05) is 13.6 Å². The van der Waals surface area contributed by atoms with Gasteiger partial charge in [-0.3, -0.25) is 4.79 Å². The van der Waals surface area contributed by atoms with E-state index in [1.165, 1.54) is 0 Å². The van der Waals surface area contributed by atoms with Crippen LogP contribution in [0.5, 0.6) is 0 Å². The van der Waals surface area contributed by atoms with E-state index in [1.54, 1.807) is 0 Å². The van der Waals surface area contributed by atoms with Crippen molar-refractivity contribution in [3.8, 4) is 0 Å². The molecule has 0 heterocycles. The lowest BCUT2D eigenvalue weighted by atomic mass is 10.1. The summed E-state index contributed by atoms with van der Waals surface area (Å²) in [6, 6.07) is 0.256. The van der Waals surface area contributed by atoms with E-state index in [1.807, 2.05) is 20.9 Å². The molecule has 0 atom stereocenters. The lowest BCUT2D eigenvalue weighted by Crippen LogP contribution is -2.40. The Kier molecular flexibility index (Phi) is 2.73. The molecule has 1 rings (SSSR count). The quantitative estimate of drug-likeness (QED) is 0.645. The Morgan fingerprint density at radius 1 is 1.50 bits per heavy atom. The summed E-state index contributed by atoms with van der Waals surface area (Å²) < 4.78 is 0. The second kappa shape index (κ2) is 3.44. The second-order valence-corrected chi connectivity index (χ2v) is 3.94. The lowest BCUT2D eigenvalue weighted by Gasteiger charge is -2.16. The summed E-state index contributed by atoms with van der Waals surface area (Å²) in [6.07, 6.45) is 2.07. The molecule has 0 unspecified atom stereocenters. The number of hydrogen-bond acceptors (Lipinski definition) is 2. The zero-order valence-electron chi connectivity index (χ0n) is 8.11. The zero-order chi connectivity index (χ0) is 9.19. The Hall–Kier alpha value is -0.570. The van der Waals surface area contributed by atoms with Crippen molar-refractivity contribution in [2.45, 2.75) is 32.7 Å². The molecule has 0 aromatic heterocycles. The molecule has 0 saturated heterocycles. The van der Waals surface area contributed by atoms with Crippen molar-refractivity contribution >= 4 is 5.91 Å². The van der Waals surface area contributed by atoms with Gasteiger partial charge in [0.25, 0.3) is 0 Å². The lowest BCUT2D eigenvalue weighted by molar-refractivity contribution is -0.126. The van der Waals surface area contributed by atoms with E-state index in [-0.39, 0.29) is 17.4 Å². The van der Waals surface area contributed by atoms with Crippen LogP contribution >= 0.6 is 0 Å². The van der Waals surface area contributed by atoms with Crippen molar-refractivity contribution in [3.63, 3.8) is 0 Å². The highest BCUT2D eigenvalue weighted by atomic mass is 16.2. The van der Waals surface area contributed by atoms with Gasteiger partial charge in [0.05, 0.1) is 5.41 Å². The SMILES string of the molecule is CNCC1(C(=O)NC(C)C)CC1. The summed E-state index contributed by atoms with van der Waals surface area (Å²) in [4.78, 5) is 11.6. The third-order valence-electron chi connectivity index (χ3n) is 2.27. The highest BCUT2D eigenvalue weighted by Crippen LogP contribution is 2.45. The summed E-state index contributed by atoms with van der Waals surface area (Å²) in [5.41, 5.74) is -0.0704. The minimum absolute atomic E-state index is 0.0704. The first-order valence-corrected chi connectivity index (χ1v) is 4.56. The fourth-order valence-electron chi connectivity index (χ4n) is 1.39. The Morgan fingerprint density at radius 2 is 2.08 bits per heavy atom. The standard InChI is InChI=1S/C9H18N2O/c1-7(2)11-8(12)9(4-5-9)6-10-3/h7,10H,4-6H2,1-3H3,(H,11,12). The van der Waals surface area contributed by atoms with Crippen molar-refractivity contribution in [2.24, 2.45) is 5.41 Å². The third kappa shape index (κ3) is 1.97. The predicted octanol–water partition coefficient (Wildman–Crippen LogP) is 0.511. The van der Waals surface area contributed by atoms with Crippen LogP contribution < -0.4 is 10.6 Å². The summed E-state index contributed by atoms with van der Waals surface area (Å²) in [5, 5.41) is 6.02. The first kappa shape index (κ1) is 9.52. The number of hydrogen-bond donors (Lipinski definition) is 2. The van der Waals surface area contributed by atoms with Crippen LogP contribution in [0.2, 0.25) is 0 Å². The molecule has 1 aliphatic carbocycles. The van der Waals surface area contributed by atoms with Crippen LogP contribution in [0.4, 0.5) is 0 Å². The predicted molar refractivity (Wildman–Crippen MR) is 48.9 cm³/mol. The fourth-order valence-corrected chi connectivity index (χ4v) is 1.39. The molecule has 1 fully saturated rings. The van der Waals surface area contributed by atoms with Gasteiger partial charge < -0.3 is 10.6 Å². The second-order valence-electron chi connectivity index (χ2n) is 3.94. The van der Waals surface area contributed by atoms with E-state index in [0.717, 1.165) is 19.4 Å². The first-order valence-electron chi connectivity index (χ1n) is 4.56. The average Bonchev–Trinajstić information content (AvgIpc) is 2.68. The highest BCUT2D eigenvalue weighted by Gasteiger charge is 2.49. The number of amides is 1. The van der Waals surface area contributed by atoms with Crippen LogP contribution in [0.15, 0.2) is 0 Å². The molecule has 3 heteroatoms. The molecule has 0 aromatic rings. The van der Waals surface area contributed by atoms with Gasteiger partial charge in [0.1, 0.15) is 0 Å². The molecule has 0 bridgehead atoms. The number of nitrogens with one attached hydrogen (secondary N) is 2. The average molecular weight is 170 g/mol. The van der Waals surface area contributed by atoms with E-state index in [2.05, 4.69) is 10.6 Å². The molecule has 0 spiro atoms. The number of rotatable bonds is 4. The topological polar surface area (TPSA) is 41.1 Å². The van der Waals surface area contributed by atoms with Crippen molar-refractivity contribution in [1.82, 2.24) is 10.6 Å². The molecule has 0 aliphatic heterocycles. The van der Waals surface area contributed by atoms with Crippen LogP contribution in [-0.2, 0) is 4.79 Å². The van der Waals surface area contributed by atoms with Gasteiger partial charge in [0.15, 0.2) is 0 Å². The number of carbonyl (C=O) groups is 1. The van der Waals surface area contributed by atoms with E-state index >= 15 is 0 Å².